The van der Waals surface area contributed by atoms with Crippen LogP contribution < -0.4 is 4.74 Å². The van der Waals surface area contributed by atoms with E-state index in [-0.39, 0.29) is 0 Å². The van der Waals surface area contributed by atoms with Gasteiger partial charge in [-0.1, -0.05) is 18.2 Å². The second kappa shape index (κ2) is 6.77. The fourth-order valence-electron chi connectivity index (χ4n) is 3.03. The molecule has 2 aromatic rings. The van der Waals surface area contributed by atoms with Crippen molar-refractivity contribution in [2.45, 2.75) is 19.5 Å². The number of ether oxygens (including phenoxy) is 1. The van der Waals surface area contributed by atoms with Crippen molar-refractivity contribution in [3.05, 3.63) is 45.9 Å². The van der Waals surface area contributed by atoms with Gasteiger partial charge in [0.15, 0.2) is 0 Å². The lowest BCUT2D eigenvalue weighted by molar-refractivity contribution is 0.0895. The number of para-hydroxylation sites is 1. The average molecular weight is 317 g/mol. The van der Waals surface area contributed by atoms with Crippen molar-refractivity contribution >= 4 is 11.3 Å². The van der Waals surface area contributed by atoms with E-state index in [4.69, 9.17) is 4.74 Å². The first-order valence-corrected chi connectivity index (χ1v) is 8.51. The van der Waals surface area contributed by atoms with Crippen LogP contribution in [-0.2, 0) is 6.54 Å². The smallest absolute Gasteiger partial charge is 0.123 e. The molecule has 1 aromatic heterocycles. The van der Waals surface area contributed by atoms with Crippen LogP contribution in [0.1, 0.15) is 22.2 Å². The second-order valence-electron chi connectivity index (χ2n) is 5.83. The van der Waals surface area contributed by atoms with E-state index in [0.717, 1.165) is 37.6 Å². The number of rotatable bonds is 4. The third-order valence-corrected chi connectivity index (χ3v) is 5.36. The fraction of sp³-hybridized carbons (Fsp3) is 0.471. The summed E-state index contributed by atoms with van der Waals surface area (Å²) < 4.78 is 5.55. The molecule has 22 heavy (non-hydrogen) atoms. The lowest BCUT2D eigenvalue weighted by Gasteiger charge is -2.40. The number of likely N-dealkylation sites (N-methyl/N-ethyl adjacent to an activating group) is 1. The van der Waals surface area contributed by atoms with Crippen LogP contribution in [-0.4, -0.2) is 48.6 Å². The van der Waals surface area contributed by atoms with Crippen LogP contribution in [0, 0.1) is 6.92 Å². The van der Waals surface area contributed by atoms with Gasteiger partial charge in [0, 0.05) is 36.6 Å². The SMILES string of the molecule is COc1ccccc1[C@@H]1CN(Cc2scnc2C)CCN1C. The molecule has 1 saturated heterocycles. The number of benzene rings is 1. The van der Waals surface area contributed by atoms with E-state index in [1.54, 1.807) is 18.4 Å². The molecule has 0 aliphatic carbocycles. The summed E-state index contributed by atoms with van der Waals surface area (Å²) >= 11 is 1.76. The number of nitrogens with zero attached hydrogens (tertiary/aromatic N) is 3. The van der Waals surface area contributed by atoms with Gasteiger partial charge >= 0.3 is 0 Å². The third-order valence-electron chi connectivity index (χ3n) is 4.44. The largest absolute Gasteiger partial charge is 0.496 e. The first-order valence-electron chi connectivity index (χ1n) is 7.63. The Bertz CT molecular complexity index is 628. The summed E-state index contributed by atoms with van der Waals surface area (Å²) in [5.74, 6) is 0.982. The molecule has 0 spiro atoms. The van der Waals surface area contributed by atoms with Crippen molar-refractivity contribution in [3.8, 4) is 5.75 Å². The van der Waals surface area contributed by atoms with E-state index in [1.165, 1.54) is 10.4 Å². The zero-order valence-electron chi connectivity index (χ0n) is 13.5. The summed E-state index contributed by atoms with van der Waals surface area (Å²) in [4.78, 5) is 10.7. The first kappa shape index (κ1) is 15.5. The van der Waals surface area contributed by atoms with Crippen molar-refractivity contribution in [1.29, 1.82) is 0 Å². The van der Waals surface area contributed by atoms with E-state index >= 15 is 0 Å². The molecule has 1 fully saturated rings. The number of methoxy groups -OCH3 is 1. The monoisotopic (exact) mass is 317 g/mol. The van der Waals surface area contributed by atoms with Gasteiger partial charge in [-0.3, -0.25) is 9.80 Å². The highest BCUT2D eigenvalue weighted by atomic mass is 32.1. The molecule has 0 bridgehead atoms. The van der Waals surface area contributed by atoms with Crippen LogP contribution >= 0.6 is 11.3 Å². The molecule has 0 saturated carbocycles. The van der Waals surface area contributed by atoms with Crippen molar-refractivity contribution in [3.63, 3.8) is 0 Å². The van der Waals surface area contributed by atoms with E-state index in [9.17, 15) is 0 Å². The van der Waals surface area contributed by atoms with E-state index < -0.39 is 0 Å². The summed E-state index contributed by atoms with van der Waals surface area (Å²) in [6.45, 7) is 6.28. The van der Waals surface area contributed by atoms with Gasteiger partial charge in [0.2, 0.25) is 0 Å². The van der Waals surface area contributed by atoms with Crippen molar-refractivity contribution in [2.75, 3.05) is 33.8 Å². The molecule has 118 valence electrons. The first-order chi connectivity index (χ1) is 10.7. The van der Waals surface area contributed by atoms with Crippen molar-refractivity contribution in [2.24, 2.45) is 0 Å². The highest BCUT2D eigenvalue weighted by Crippen LogP contribution is 2.31. The Morgan fingerprint density at radius 3 is 2.86 bits per heavy atom. The standard InChI is InChI=1S/C17H23N3OS/c1-13-17(22-12-18-13)11-20-9-8-19(2)15(10-20)14-6-4-5-7-16(14)21-3/h4-7,12,15H,8-11H2,1-3H3/t15-/m0/s1. The van der Waals surface area contributed by atoms with E-state index in [1.807, 2.05) is 11.6 Å². The highest BCUT2D eigenvalue weighted by molar-refractivity contribution is 7.09. The maximum atomic E-state index is 5.55. The molecule has 0 amide bonds. The van der Waals surface area contributed by atoms with Crippen molar-refractivity contribution < 1.29 is 4.74 Å². The molecular weight excluding hydrogens is 294 g/mol. The molecule has 5 heteroatoms. The van der Waals surface area contributed by atoms with Gasteiger partial charge in [-0.05, 0) is 20.0 Å². The summed E-state index contributed by atoms with van der Waals surface area (Å²) in [5.41, 5.74) is 4.38. The molecule has 0 N–H and O–H groups in total. The van der Waals surface area contributed by atoms with Crippen LogP contribution in [0.15, 0.2) is 29.8 Å². The number of piperazine rings is 1. The molecule has 3 rings (SSSR count). The summed E-state index contributed by atoms with van der Waals surface area (Å²) in [5, 5.41) is 0. The molecule has 0 unspecified atom stereocenters. The Morgan fingerprint density at radius 2 is 2.14 bits per heavy atom. The van der Waals surface area contributed by atoms with E-state index in [0.29, 0.717) is 6.04 Å². The van der Waals surface area contributed by atoms with Gasteiger partial charge in [0.25, 0.3) is 0 Å². The number of thiazole rings is 1. The van der Waals surface area contributed by atoms with Gasteiger partial charge in [-0.15, -0.1) is 11.3 Å². The van der Waals surface area contributed by atoms with E-state index in [2.05, 4.69) is 47.0 Å². The zero-order valence-corrected chi connectivity index (χ0v) is 14.3. The molecule has 2 heterocycles. The van der Waals surface area contributed by atoms with Crippen LogP contribution in [0.4, 0.5) is 0 Å². The Labute approximate surface area is 136 Å². The Hall–Kier alpha value is -1.43. The quantitative estimate of drug-likeness (QED) is 0.867. The molecule has 4 nitrogen and oxygen atoms in total. The van der Waals surface area contributed by atoms with Gasteiger partial charge < -0.3 is 4.74 Å². The third kappa shape index (κ3) is 3.16. The van der Waals surface area contributed by atoms with Gasteiger partial charge in [0.1, 0.15) is 5.75 Å². The molecular formula is C17H23N3OS. The van der Waals surface area contributed by atoms with Crippen LogP contribution in [0.25, 0.3) is 0 Å². The minimum Gasteiger partial charge on any atom is -0.496 e. The van der Waals surface area contributed by atoms with Gasteiger partial charge in [-0.25, -0.2) is 4.98 Å². The predicted octanol–water partition coefficient (Wildman–Crippen LogP) is 2.95. The van der Waals surface area contributed by atoms with Crippen LogP contribution in [0.2, 0.25) is 0 Å². The highest BCUT2D eigenvalue weighted by Gasteiger charge is 2.28. The molecule has 1 atom stereocenters. The van der Waals surface area contributed by atoms with Crippen molar-refractivity contribution in [1.82, 2.24) is 14.8 Å². The second-order valence-corrected chi connectivity index (χ2v) is 6.77. The number of hydrogen-bond donors (Lipinski definition) is 0. The Kier molecular flexibility index (Phi) is 4.76. The Balaban J connectivity index is 1.77. The topological polar surface area (TPSA) is 28.6 Å². The molecule has 1 aliphatic rings. The zero-order chi connectivity index (χ0) is 15.5. The maximum Gasteiger partial charge on any atom is 0.123 e. The molecule has 0 radical (unpaired) electrons. The van der Waals surface area contributed by atoms with Crippen LogP contribution in [0.5, 0.6) is 5.75 Å². The fourth-order valence-corrected chi connectivity index (χ4v) is 3.85. The molecule has 1 aliphatic heterocycles. The molecule has 1 aromatic carbocycles. The number of aromatic nitrogens is 1. The van der Waals surface area contributed by atoms with Gasteiger partial charge in [0.05, 0.1) is 24.4 Å². The number of hydrogen-bond acceptors (Lipinski definition) is 5. The predicted molar refractivity (Wildman–Crippen MR) is 90.5 cm³/mol. The summed E-state index contributed by atoms with van der Waals surface area (Å²) in [6.07, 6.45) is 0. The normalized spacial score (nSPS) is 20.2. The summed E-state index contributed by atoms with van der Waals surface area (Å²) in [6, 6.07) is 8.73. The maximum absolute atomic E-state index is 5.55. The van der Waals surface area contributed by atoms with Crippen LogP contribution in [0.3, 0.4) is 0 Å². The minimum absolute atomic E-state index is 0.373. The lowest BCUT2D eigenvalue weighted by Crippen LogP contribution is -2.46. The lowest BCUT2D eigenvalue weighted by atomic mass is 10.0. The van der Waals surface area contributed by atoms with Gasteiger partial charge in [-0.2, -0.15) is 0 Å². The Morgan fingerprint density at radius 1 is 1.32 bits per heavy atom. The number of aryl methyl sites for hydroxylation is 1. The summed E-state index contributed by atoms with van der Waals surface area (Å²) in [7, 11) is 3.95. The minimum atomic E-state index is 0.373. The average Bonchev–Trinajstić information content (AvgIpc) is 2.94.